The SMILES string of the molecule is Cc1ccc(/C=C/C(=O)Nc2ccc(OCC(=O)O)cc2C)cc1. The smallest absolute Gasteiger partial charge is 0.341 e. The van der Waals surface area contributed by atoms with Crippen LogP contribution in [0.4, 0.5) is 5.69 Å². The van der Waals surface area contributed by atoms with Crippen molar-refractivity contribution in [1.82, 2.24) is 0 Å². The van der Waals surface area contributed by atoms with E-state index in [-0.39, 0.29) is 5.91 Å². The molecule has 5 heteroatoms. The predicted molar refractivity (Wildman–Crippen MR) is 93.2 cm³/mol. The van der Waals surface area contributed by atoms with Crippen LogP contribution in [0.3, 0.4) is 0 Å². The number of amides is 1. The summed E-state index contributed by atoms with van der Waals surface area (Å²) in [5, 5.41) is 11.4. The first-order chi connectivity index (χ1) is 11.4. The number of carbonyl (C=O) groups is 2. The summed E-state index contributed by atoms with van der Waals surface area (Å²) in [7, 11) is 0. The van der Waals surface area contributed by atoms with Gasteiger partial charge in [-0.1, -0.05) is 29.8 Å². The van der Waals surface area contributed by atoms with Crippen LogP contribution < -0.4 is 10.1 Å². The van der Waals surface area contributed by atoms with Crippen LogP contribution in [0.5, 0.6) is 5.75 Å². The van der Waals surface area contributed by atoms with Crippen molar-refractivity contribution in [3.8, 4) is 5.75 Å². The molecule has 1 amide bonds. The average Bonchev–Trinajstić information content (AvgIpc) is 2.54. The van der Waals surface area contributed by atoms with Crippen LogP contribution in [0.25, 0.3) is 6.08 Å². The highest BCUT2D eigenvalue weighted by Crippen LogP contribution is 2.21. The second kappa shape index (κ2) is 7.97. The fourth-order valence-corrected chi connectivity index (χ4v) is 2.04. The van der Waals surface area contributed by atoms with E-state index in [0.717, 1.165) is 16.7 Å². The van der Waals surface area contributed by atoms with Crippen LogP contribution in [-0.4, -0.2) is 23.6 Å². The minimum absolute atomic E-state index is 0.238. The Labute approximate surface area is 140 Å². The molecule has 0 aliphatic heterocycles. The van der Waals surface area contributed by atoms with E-state index in [4.69, 9.17) is 9.84 Å². The highest BCUT2D eigenvalue weighted by atomic mass is 16.5. The van der Waals surface area contributed by atoms with E-state index in [1.54, 1.807) is 24.3 Å². The van der Waals surface area contributed by atoms with E-state index in [1.165, 1.54) is 6.08 Å². The van der Waals surface area contributed by atoms with Gasteiger partial charge in [0.1, 0.15) is 5.75 Å². The second-order valence-electron chi connectivity index (χ2n) is 5.39. The zero-order chi connectivity index (χ0) is 17.5. The standard InChI is InChI=1S/C19H19NO4/c1-13-3-5-15(6-4-13)7-10-18(21)20-17-9-8-16(11-14(17)2)24-12-19(22)23/h3-11H,12H2,1-2H3,(H,20,21)(H,22,23)/b10-7+. The summed E-state index contributed by atoms with van der Waals surface area (Å²) in [6.07, 6.45) is 3.22. The molecule has 2 N–H and O–H groups in total. The lowest BCUT2D eigenvalue weighted by Gasteiger charge is -2.09. The fraction of sp³-hybridized carbons (Fsp3) is 0.158. The van der Waals surface area contributed by atoms with Crippen LogP contribution in [-0.2, 0) is 9.59 Å². The molecule has 0 aromatic heterocycles. The lowest BCUT2D eigenvalue weighted by atomic mass is 10.1. The van der Waals surface area contributed by atoms with Gasteiger partial charge < -0.3 is 15.2 Å². The molecule has 2 aromatic carbocycles. The van der Waals surface area contributed by atoms with Gasteiger partial charge in [0.05, 0.1) is 0 Å². The second-order valence-corrected chi connectivity index (χ2v) is 5.39. The molecular weight excluding hydrogens is 306 g/mol. The maximum Gasteiger partial charge on any atom is 0.341 e. The maximum absolute atomic E-state index is 12.0. The molecule has 0 aliphatic rings. The van der Waals surface area contributed by atoms with Crippen LogP contribution in [0.1, 0.15) is 16.7 Å². The number of aryl methyl sites for hydroxylation is 2. The Hall–Kier alpha value is -3.08. The van der Waals surface area contributed by atoms with Crippen molar-refractivity contribution >= 4 is 23.6 Å². The lowest BCUT2D eigenvalue weighted by Crippen LogP contribution is -2.11. The molecule has 0 radical (unpaired) electrons. The van der Waals surface area contributed by atoms with Crippen molar-refractivity contribution < 1.29 is 19.4 Å². The number of nitrogens with one attached hydrogen (secondary N) is 1. The monoisotopic (exact) mass is 325 g/mol. The summed E-state index contributed by atoms with van der Waals surface area (Å²) in [4.78, 5) is 22.5. The van der Waals surface area contributed by atoms with Gasteiger partial charge in [-0.2, -0.15) is 0 Å². The van der Waals surface area contributed by atoms with Gasteiger partial charge in [0, 0.05) is 11.8 Å². The van der Waals surface area contributed by atoms with Gasteiger partial charge in [0.2, 0.25) is 5.91 Å². The van der Waals surface area contributed by atoms with Crippen molar-refractivity contribution in [3.63, 3.8) is 0 Å². The Morgan fingerprint density at radius 2 is 1.83 bits per heavy atom. The van der Waals surface area contributed by atoms with Gasteiger partial charge in [0.25, 0.3) is 0 Å². The van der Waals surface area contributed by atoms with E-state index in [1.807, 2.05) is 38.1 Å². The van der Waals surface area contributed by atoms with Crippen LogP contribution in [0, 0.1) is 13.8 Å². The van der Waals surface area contributed by atoms with Crippen molar-refractivity contribution in [2.75, 3.05) is 11.9 Å². The number of aliphatic carboxylic acids is 1. The molecule has 2 aromatic rings. The quantitative estimate of drug-likeness (QED) is 0.798. The van der Waals surface area contributed by atoms with Crippen molar-refractivity contribution in [3.05, 3.63) is 65.2 Å². The molecule has 0 spiro atoms. The summed E-state index contributed by atoms with van der Waals surface area (Å²) in [5.41, 5.74) is 3.55. The fourth-order valence-electron chi connectivity index (χ4n) is 2.04. The van der Waals surface area contributed by atoms with Gasteiger partial charge in [-0.15, -0.1) is 0 Å². The average molecular weight is 325 g/mol. The number of anilines is 1. The van der Waals surface area contributed by atoms with E-state index in [9.17, 15) is 9.59 Å². The molecule has 0 fully saturated rings. The zero-order valence-corrected chi connectivity index (χ0v) is 13.6. The Bertz CT molecular complexity index is 763. The normalized spacial score (nSPS) is 10.6. The number of hydrogen-bond acceptors (Lipinski definition) is 3. The van der Waals surface area contributed by atoms with Crippen LogP contribution in [0.2, 0.25) is 0 Å². The minimum atomic E-state index is -1.04. The van der Waals surface area contributed by atoms with Crippen molar-refractivity contribution in [2.24, 2.45) is 0 Å². The number of carboxylic acid groups (broad SMARTS) is 1. The summed E-state index contributed by atoms with van der Waals surface area (Å²) in [5.74, 6) is -0.827. The first kappa shape index (κ1) is 17.3. The van der Waals surface area contributed by atoms with Gasteiger partial charge in [0.15, 0.2) is 6.61 Å². The molecule has 124 valence electrons. The Kier molecular flexibility index (Phi) is 5.73. The zero-order valence-electron chi connectivity index (χ0n) is 13.6. The molecule has 0 atom stereocenters. The molecule has 2 rings (SSSR count). The highest BCUT2D eigenvalue weighted by Gasteiger charge is 2.05. The number of rotatable bonds is 6. The van der Waals surface area contributed by atoms with E-state index in [0.29, 0.717) is 11.4 Å². The van der Waals surface area contributed by atoms with Crippen molar-refractivity contribution in [1.29, 1.82) is 0 Å². The van der Waals surface area contributed by atoms with Crippen LogP contribution >= 0.6 is 0 Å². The first-order valence-corrected chi connectivity index (χ1v) is 7.45. The predicted octanol–water partition coefficient (Wildman–Crippen LogP) is 3.42. The van der Waals surface area contributed by atoms with Gasteiger partial charge in [-0.3, -0.25) is 4.79 Å². The summed E-state index contributed by atoms with van der Waals surface area (Å²) >= 11 is 0. The lowest BCUT2D eigenvalue weighted by molar-refractivity contribution is -0.139. The minimum Gasteiger partial charge on any atom is -0.482 e. The van der Waals surface area contributed by atoms with Crippen LogP contribution in [0.15, 0.2) is 48.5 Å². The Balaban J connectivity index is 1.98. The number of carboxylic acids is 1. The Morgan fingerprint density at radius 1 is 1.12 bits per heavy atom. The third-order valence-corrected chi connectivity index (χ3v) is 3.32. The Morgan fingerprint density at radius 3 is 2.46 bits per heavy atom. The van der Waals surface area contributed by atoms with E-state index >= 15 is 0 Å². The molecular formula is C19H19NO4. The van der Waals surface area contributed by atoms with E-state index in [2.05, 4.69) is 5.32 Å². The summed E-state index contributed by atoms with van der Waals surface area (Å²) in [6, 6.07) is 12.8. The number of hydrogen-bond donors (Lipinski definition) is 2. The number of benzene rings is 2. The summed E-state index contributed by atoms with van der Waals surface area (Å²) in [6.45, 7) is 3.42. The molecule has 0 bridgehead atoms. The molecule has 0 saturated carbocycles. The van der Waals surface area contributed by atoms with E-state index < -0.39 is 12.6 Å². The van der Waals surface area contributed by atoms with Gasteiger partial charge in [-0.05, 0) is 49.2 Å². The van der Waals surface area contributed by atoms with Crippen molar-refractivity contribution in [2.45, 2.75) is 13.8 Å². The highest BCUT2D eigenvalue weighted by molar-refractivity contribution is 6.02. The van der Waals surface area contributed by atoms with Gasteiger partial charge >= 0.3 is 5.97 Å². The number of carbonyl (C=O) groups excluding carboxylic acids is 1. The molecule has 24 heavy (non-hydrogen) atoms. The number of ether oxygens (including phenoxy) is 1. The molecule has 0 aliphatic carbocycles. The third kappa shape index (κ3) is 5.28. The van der Waals surface area contributed by atoms with Gasteiger partial charge in [-0.25, -0.2) is 4.79 Å². The molecule has 5 nitrogen and oxygen atoms in total. The maximum atomic E-state index is 12.0. The molecule has 0 heterocycles. The molecule has 0 unspecified atom stereocenters. The topological polar surface area (TPSA) is 75.6 Å². The first-order valence-electron chi connectivity index (χ1n) is 7.45. The largest absolute Gasteiger partial charge is 0.482 e. The molecule has 0 saturated heterocycles. The summed E-state index contributed by atoms with van der Waals surface area (Å²) < 4.78 is 5.10. The third-order valence-electron chi connectivity index (χ3n) is 3.32.